The largest absolute Gasteiger partial charge is 0.403 e. The van der Waals surface area contributed by atoms with E-state index in [0.29, 0.717) is 6.67 Å². The molecule has 1 rings (SSSR count). The van der Waals surface area contributed by atoms with Gasteiger partial charge in [0.15, 0.2) is 0 Å². The van der Waals surface area contributed by atoms with Crippen molar-refractivity contribution in [3.8, 4) is 0 Å². The number of rotatable bonds is 0. The van der Waals surface area contributed by atoms with Gasteiger partial charge in [-0.05, 0) is 0 Å². The Labute approximate surface area is 41.9 Å². The number of nitrogens with two attached hydrogens (primary N) is 1. The molecule has 3 heteroatoms. The molecule has 0 aromatic rings. The van der Waals surface area contributed by atoms with Crippen LogP contribution in [-0.4, -0.2) is 12.9 Å². The van der Waals surface area contributed by atoms with Crippen molar-refractivity contribution in [2.75, 3.05) is 6.67 Å². The zero-order valence-corrected chi connectivity index (χ0v) is 3.89. The Bertz CT molecular complexity index is 111. The van der Waals surface area contributed by atoms with Gasteiger partial charge in [0, 0.05) is 12.4 Å². The van der Waals surface area contributed by atoms with E-state index in [9.17, 15) is 0 Å². The lowest BCUT2D eigenvalue weighted by Crippen LogP contribution is -2.07. The van der Waals surface area contributed by atoms with Crippen molar-refractivity contribution in [2.24, 2.45) is 10.7 Å². The molecule has 3 nitrogen and oxygen atoms in total. The second-order valence-electron chi connectivity index (χ2n) is 1.27. The third-order valence-electron chi connectivity index (χ3n) is 0.784. The van der Waals surface area contributed by atoms with Crippen LogP contribution in [0.15, 0.2) is 16.9 Å². The van der Waals surface area contributed by atoms with Gasteiger partial charge in [0.2, 0.25) is 0 Å². The normalized spacial score (nSPS) is 23.1. The fourth-order valence-electron chi connectivity index (χ4n) is 0.429. The molecule has 38 valence electrons. The molecule has 0 amide bonds. The standard InChI is InChI=1S/C4H7N3/c5-1-4-2-6-3-7-4/h1-2,7H,3,5H2. The highest BCUT2D eigenvalue weighted by Gasteiger charge is 1.93. The number of nitrogens with one attached hydrogen (secondary N) is 1. The van der Waals surface area contributed by atoms with Gasteiger partial charge >= 0.3 is 0 Å². The second-order valence-corrected chi connectivity index (χ2v) is 1.27. The van der Waals surface area contributed by atoms with Crippen LogP contribution in [0.4, 0.5) is 0 Å². The average molecular weight is 97.1 g/mol. The van der Waals surface area contributed by atoms with Crippen LogP contribution < -0.4 is 11.1 Å². The maximum atomic E-state index is 5.12. The van der Waals surface area contributed by atoms with Crippen molar-refractivity contribution >= 4 is 6.21 Å². The number of hydrogen-bond acceptors (Lipinski definition) is 3. The molecule has 1 aliphatic rings. The molecule has 0 atom stereocenters. The first-order valence-electron chi connectivity index (χ1n) is 2.09. The Kier molecular flexibility index (Phi) is 0.978. The van der Waals surface area contributed by atoms with Crippen LogP contribution in [0.1, 0.15) is 0 Å². The Hall–Kier alpha value is -0.990. The van der Waals surface area contributed by atoms with E-state index in [1.54, 1.807) is 6.21 Å². The molecule has 1 aliphatic heterocycles. The van der Waals surface area contributed by atoms with Crippen molar-refractivity contribution in [3.63, 3.8) is 0 Å². The summed E-state index contributed by atoms with van der Waals surface area (Å²) in [7, 11) is 0. The summed E-state index contributed by atoms with van der Waals surface area (Å²) in [6, 6.07) is 0. The third-order valence-corrected chi connectivity index (χ3v) is 0.784. The molecule has 0 unspecified atom stereocenters. The number of allylic oxidation sites excluding steroid dienone is 1. The lowest BCUT2D eigenvalue weighted by atomic mass is 10.5. The van der Waals surface area contributed by atoms with Gasteiger partial charge < -0.3 is 11.1 Å². The minimum atomic E-state index is 0.670. The van der Waals surface area contributed by atoms with E-state index in [4.69, 9.17) is 5.73 Å². The van der Waals surface area contributed by atoms with Gasteiger partial charge in [-0.2, -0.15) is 0 Å². The minimum absolute atomic E-state index is 0.670. The number of nitrogens with zero attached hydrogens (tertiary/aromatic N) is 1. The first kappa shape index (κ1) is 4.18. The Morgan fingerprint density at radius 3 is 3.14 bits per heavy atom. The van der Waals surface area contributed by atoms with Crippen LogP contribution in [0, 0.1) is 0 Å². The van der Waals surface area contributed by atoms with Gasteiger partial charge in [-0.25, -0.2) is 0 Å². The summed E-state index contributed by atoms with van der Waals surface area (Å²) in [5, 5.41) is 2.92. The van der Waals surface area contributed by atoms with E-state index < -0.39 is 0 Å². The highest BCUT2D eigenvalue weighted by molar-refractivity contribution is 5.79. The number of aliphatic imine (C=N–C) groups is 1. The molecule has 0 saturated carbocycles. The van der Waals surface area contributed by atoms with E-state index in [1.807, 2.05) is 0 Å². The zero-order chi connectivity index (χ0) is 5.11. The van der Waals surface area contributed by atoms with Gasteiger partial charge in [0.05, 0.1) is 5.70 Å². The molecule has 0 radical (unpaired) electrons. The van der Waals surface area contributed by atoms with Crippen LogP contribution >= 0.6 is 0 Å². The fourth-order valence-corrected chi connectivity index (χ4v) is 0.429. The molecule has 0 spiro atoms. The predicted molar refractivity (Wildman–Crippen MR) is 28.8 cm³/mol. The van der Waals surface area contributed by atoms with Gasteiger partial charge in [-0.1, -0.05) is 0 Å². The minimum Gasteiger partial charge on any atom is -0.403 e. The van der Waals surface area contributed by atoms with E-state index in [2.05, 4.69) is 10.3 Å². The SMILES string of the molecule is NC=C1C=NCN1. The molecule has 1 heterocycles. The maximum absolute atomic E-state index is 5.12. The van der Waals surface area contributed by atoms with Crippen LogP contribution in [-0.2, 0) is 0 Å². The van der Waals surface area contributed by atoms with Crippen molar-refractivity contribution in [2.45, 2.75) is 0 Å². The number of hydrogen-bond donors (Lipinski definition) is 2. The summed E-state index contributed by atoms with van der Waals surface area (Å²) in [5.74, 6) is 0. The smallest absolute Gasteiger partial charge is 0.107 e. The fraction of sp³-hybridized carbons (Fsp3) is 0.250. The second kappa shape index (κ2) is 1.64. The molecule has 0 bridgehead atoms. The third kappa shape index (κ3) is 0.707. The van der Waals surface area contributed by atoms with Crippen molar-refractivity contribution in [3.05, 3.63) is 11.9 Å². The first-order chi connectivity index (χ1) is 3.43. The molecule has 7 heavy (non-hydrogen) atoms. The molecular formula is C4H7N3. The highest BCUT2D eigenvalue weighted by Crippen LogP contribution is 1.86. The van der Waals surface area contributed by atoms with Crippen LogP contribution in [0.2, 0.25) is 0 Å². The van der Waals surface area contributed by atoms with Crippen LogP contribution in [0.25, 0.3) is 0 Å². The molecule has 3 N–H and O–H groups in total. The molecule has 0 aromatic carbocycles. The molecular weight excluding hydrogens is 90.1 g/mol. The van der Waals surface area contributed by atoms with E-state index in [-0.39, 0.29) is 0 Å². The summed E-state index contributed by atoms with van der Waals surface area (Å²) in [6.45, 7) is 0.670. The lowest BCUT2D eigenvalue weighted by Gasteiger charge is -1.88. The van der Waals surface area contributed by atoms with Crippen LogP contribution in [0.5, 0.6) is 0 Å². The highest BCUT2D eigenvalue weighted by atomic mass is 15.1. The lowest BCUT2D eigenvalue weighted by molar-refractivity contribution is 0.906. The van der Waals surface area contributed by atoms with Gasteiger partial charge in [0.1, 0.15) is 6.67 Å². The monoisotopic (exact) mass is 97.1 g/mol. The van der Waals surface area contributed by atoms with Gasteiger partial charge in [-0.3, -0.25) is 4.99 Å². The maximum Gasteiger partial charge on any atom is 0.107 e. The summed E-state index contributed by atoms with van der Waals surface area (Å²) in [5.41, 5.74) is 6.02. The molecule has 0 aromatic heterocycles. The van der Waals surface area contributed by atoms with Crippen LogP contribution in [0.3, 0.4) is 0 Å². The summed E-state index contributed by atoms with van der Waals surface area (Å²) >= 11 is 0. The molecule has 0 aliphatic carbocycles. The van der Waals surface area contributed by atoms with E-state index in [1.165, 1.54) is 6.20 Å². The quantitative estimate of drug-likeness (QED) is 0.425. The average Bonchev–Trinajstić information content (AvgIpc) is 2.14. The Morgan fingerprint density at radius 1 is 2.00 bits per heavy atom. The van der Waals surface area contributed by atoms with Gasteiger partial charge in [-0.15, -0.1) is 0 Å². The Morgan fingerprint density at radius 2 is 2.86 bits per heavy atom. The Balaban J connectivity index is 2.59. The van der Waals surface area contributed by atoms with E-state index in [0.717, 1.165) is 5.70 Å². The van der Waals surface area contributed by atoms with Gasteiger partial charge in [0.25, 0.3) is 0 Å². The van der Waals surface area contributed by atoms with Crippen molar-refractivity contribution < 1.29 is 0 Å². The van der Waals surface area contributed by atoms with Crippen molar-refractivity contribution in [1.29, 1.82) is 0 Å². The molecule has 0 saturated heterocycles. The summed E-state index contributed by atoms with van der Waals surface area (Å²) in [6.07, 6.45) is 3.20. The van der Waals surface area contributed by atoms with Crippen molar-refractivity contribution in [1.82, 2.24) is 5.32 Å². The van der Waals surface area contributed by atoms with E-state index >= 15 is 0 Å². The molecule has 0 fully saturated rings. The predicted octanol–water partition coefficient (Wildman–Crippen LogP) is -0.582. The summed E-state index contributed by atoms with van der Waals surface area (Å²) in [4.78, 5) is 3.85. The zero-order valence-electron chi connectivity index (χ0n) is 3.89. The first-order valence-corrected chi connectivity index (χ1v) is 2.09. The topological polar surface area (TPSA) is 50.4 Å². The summed E-state index contributed by atoms with van der Waals surface area (Å²) < 4.78 is 0.